The summed E-state index contributed by atoms with van der Waals surface area (Å²) in [5.41, 5.74) is 2.65. The van der Waals surface area contributed by atoms with Gasteiger partial charge < -0.3 is 15.4 Å². The highest BCUT2D eigenvalue weighted by atomic mass is 32.1. The van der Waals surface area contributed by atoms with Gasteiger partial charge in [0.1, 0.15) is 10.8 Å². The number of methoxy groups -OCH3 is 1. The predicted octanol–water partition coefficient (Wildman–Crippen LogP) is 5.19. The van der Waals surface area contributed by atoms with Gasteiger partial charge >= 0.3 is 0 Å². The number of carbonyl (C=O) groups excluding carboxylic acids is 2. The number of nitrogens with zero attached hydrogens (tertiary/aromatic N) is 1. The summed E-state index contributed by atoms with van der Waals surface area (Å²) >= 11 is 1.58. The van der Waals surface area contributed by atoms with Crippen LogP contribution in [0.5, 0.6) is 5.75 Å². The van der Waals surface area contributed by atoms with Crippen molar-refractivity contribution in [3.63, 3.8) is 0 Å². The molecule has 7 heteroatoms. The molecular formula is C26H35N3O3S. The molecule has 1 aliphatic carbocycles. The van der Waals surface area contributed by atoms with Gasteiger partial charge in [-0.05, 0) is 86.4 Å². The van der Waals surface area contributed by atoms with Crippen molar-refractivity contribution < 1.29 is 14.3 Å². The van der Waals surface area contributed by atoms with E-state index in [0.717, 1.165) is 56.5 Å². The maximum absolute atomic E-state index is 13.4. The number of carbonyl (C=O) groups is 2. The molecule has 1 fully saturated rings. The van der Waals surface area contributed by atoms with Gasteiger partial charge in [-0.15, -0.1) is 11.3 Å². The molecule has 2 amide bonds. The predicted molar refractivity (Wildman–Crippen MR) is 135 cm³/mol. The number of amides is 2. The SMILES string of the molecule is COc1ccc(NC(=O)c2c(NC(=O)CN3CCCC3)sc3c2CC[C@H](C(C)(C)C)C3)cc1. The molecule has 0 spiro atoms. The second kappa shape index (κ2) is 9.85. The summed E-state index contributed by atoms with van der Waals surface area (Å²) < 4.78 is 5.21. The zero-order valence-corrected chi connectivity index (χ0v) is 20.9. The van der Waals surface area contributed by atoms with Crippen molar-refractivity contribution in [2.24, 2.45) is 11.3 Å². The third kappa shape index (κ3) is 5.58. The van der Waals surface area contributed by atoms with E-state index in [2.05, 4.69) is 36.3 Å². The van der Waals surface area contributed by atoms with Crippen LogP contribution in [0.3, 0.4) is 0 Å². The lowest BCUT2D eigenvalue weighted by Crippen LogP contribution is -2.31. The normalized spacial score (nSPS) is 18.6. The van der Waals surface area contributed by atoms with Crippen molar-refractivity contribution in [2.75, 3.05) is 37.4 Å². The Hall–Kier alpha value is -2.38. The minimum atomic E-state index is -0.164. The molecule has 1 aromatic carbocycles. The number of fused-ring (bicyclic) bond motifs is 1. The molecular weight excluding hydrogens is 434 g/mol. The Balaban J connectivity index is 1.59. The summed E-state index contributed by atoms with van der Waals surface area (Å²) in [4.78, 5) is 29.7. The second-order valence-corrected chi connectivity index (χ2v) is 11.3. The standard InChI is InChI=1S/C26H35N3O3S/c1-26(2,3)17-7-12-20-21(15-17)33-25(28-22(30)16-29-13-5-6-14-29)23(20)24(31)27-18-8-10-19(32-4)11-9-18/h8-11,17H,5-7,12-16H2,1-4H3,(H,27,31)(H,28,30)/t17-/m0/s1. The van der Waals surface area contributed by atoms with Gasteiger partial charge in [-0.2, -0.15) is 0 Å². The molecule has 1 aromatic heterocycles. The fourth-order valence-electron chi connectivity index (χ4n) is 4.83. The molecule has 2 N–H and O–H groups in total. The van der Waals surface area contributed by atoms with E-state index in [9.17, 15) is 9.59 Å². The molecule has 2 aromatic rings. The lowest BCUT2D eigenvalue weighted by molar-refractivity contribution is -0.117. The van der Waals surface area contributed by atoms with Gasteiger partial charge in [0.2, 0.25) is 5.91 Å². The summed E-state index contributed by atoms with van der Waals surface area (Å²) in [5, 5.41) is 6.80. The van der Waals surface area contributed by atoms with Crippen LogP contribution in [-0.4, -0.2) is 43.5 Å². The molecule has 4 rings (SSSR count). The van der Waals surface area contributed by atoms with E-state index in [1.54, 1.807) is 18.4 Å². The molecule has 1 atom stereocenters. The second-order valence-electron chi connectivity index (χ2n) is 10.2. The van der Waals surface area contributed by atoms with E-state index in [4.69, 9.17) is 4.74 Å². The number of hydrogen-bond acceptors (Lipinski definition) is 5. The van der Waals surface area contributed by atoms with Crippen molar-refractivity contribution in [2.45, 2.75) is 52.9 Å². The molecule has 6 nitrogen and oxygen atoms in total. The van der Waals surface area contributed by atoms with Gasteiger partial charge in [0.25, 0.3) is 5.91 Å². The van der Waals surface area contributed by atoms with E-state index in [-0.39, 0.29) is 17.2 Å². The molecule has 2 aliphatic rings. The van der Waals surface area contributed by atoms with Crippen LogP contribution < -0.4 is 15.4 Å². The average Bonchev–Trinajstić information content (AvgIpc) is 3.40. The third-order valence-corrected chi connectivity index (χ3v) is 8.05. The van der Waals surface area contributed by atoms with Gasteiger partial charge in [0, 0.05) is 10.6 Å². The number of anilines is 2. The Labute approximate surface area is 200 Å². The average molecular weight is 470 g/mol. The van der Waals surface area contributed by atoms with Crippen LogP contribution in [-0.2, 0) is 17.6 Å². The van der Waals surface area contributed by atoms with Crippen molar-refractivity contribution in [3.8, 4) is 5.75 Å². The minimum Gasteiger partial charge on any atom is -0.497 e. The van der Waals surface area contributed by atoms with Crippen LogP contribution in [0.15, 0.2) is 24.3 Å². The summed E-state index contributed by atoms with van der Waals surface area (Å²) in [7, 11) is 1.62. The van der Waals surface area contributed by atoms with Gasteiger partial charge in [-0.3, -0.25) is 14.5 Å². The maximum atomic E-state index is 13.4. The van der Waals surface area contributed by atoms with E-state index in [0.29, 0.717) is 28.7 Å². The van der Waals surface area contributed by atoms with Gasteiger partial charge in [0.05, 0.1) is 19.2 Å². The fraction of sp³-hybridized carbons (Fsp3) is 0.538. The highest BCUT2D eigenvalue weighted by Crippen LogP contribution is 2.44. The smallest absolute Gasteiger partial charge is 0.258 e. The summed E-state index contributed by atoms with van der Waals surface area (Å²) in [6.07, 6.45) is 5.15. The minimum absolute atomic E-state index is 0.0404. The summed E-state index contributed by atoms with van der Waals surface area (Å²) in [6.45, 7) is 9.16. The summed E-state index contributed by atoms with van der Waals surface area (Å²) in [5.74, 6) is 1.10. The number of likely N-dealkylation sites (tertiary alicyclic amines) is 1. The van der Waals surface area contributed by atoms with Gasteiger partial charge in [-0.25, -0.2) is 0 Å². The van der Waals surface area contributed by atoms with Crippen LogP contribution in [0.4, 0.5) is 10.7 Å². The van der Waals surface area contributed by atoms with E-state index in [1.807, 2.05) is 24.3 Å². The fourth-order valence-corrected chi connectivity index (χ4v) is 6.17. The first kappa shape index (κ1) is 23.8. The molecule has 0 radical (unpaired) electrons. The number of nitrogens with one attached hydrogen (secondary N) is 2. The zero-order valence-electron chi connectivity index (χ0n) is 20.1. The first-order chi connectivity index (χ1) is 15.7. The monoisotopic (exact) mass is 469 g/mol. The van der Waals surface area contributed by atoms with Crippen molar-refractivity contribution in [3.05, 3.63) is 40.3 Å². The number of thiophene rings is 1. The number of rotatable bonds is 6. The topological polar surface area (TPSA) is 70.7 Å². The zero-order chi connectivity index (χ0) is 23.6. The summed E-state index contributed by atoms with van der Waals surface area (Å²) in [6, 6.07) is 7.31. The lowest BCUT2D eigenvalue weighted by atomic mass is 9.72. The molecule has 1 saturated heterocycles. The van der Waals surface area contributed by atoms with Crippen LogP contribution in [0.1, 0.15) is 60.8 Å². The molecule has 0 saturated carbocycles. The molecule has 0 bridgehead atoms. The van der Waals surface area contributed by atoms with E-state index < -0.39 is 0 Å². The molecule has 178 valence electrons. The van der Waals surface area contributed by atoms with Crippen LogP contribution in [0.25, 0.3) is 0 Å². The highest BCUT2D eigenvalue weighted by molar-refractivity contribution is 7.17. The Morgan fingerprint density at radius 1 is 1.12 bits per heavy atom. The van der Waals surface area contributed by atoms with Crippen molar-refractivity contribution in [1.82, 2.24) is 4.90 Å². The van der Waals surface area contributed by atoms with Crippen LogP contribution >= 0.6 is 11.3 Å². The number of ether oxygens (including phenoxy) is 1. The lowest BCUT2D eigenvalue weighted by Gasteiger charge is -2.33. The Morgan fingerprint density at radius 2 is 1.82 bits per heavy atom. The number of benzene rings is 1. The maximum Gasteiger partial charge on any atom is 0.258 e. The largest absolute Gasteiger partial charge is 0.497 e. The first-order valence-electron chi connectivity index (χ1n) is 11.9. The Morgan fingerprint density at radius 3 is 2.45 bits per heavy atom. The number of hydrogen-bond donors (Lipinski definition) is 2. The third-order valence-electron chi connectivity index (χ3n) is 6.88. The molecule has 0 unspecified atom stereocenters. The van der Waals surface area contributed by atoms with Crippen molar-refractivity contribution in [1.29, 1.82) is 0 Å². The molecule has 1 aliphatic heterocycles. The Kier molecular flexibility index (Phi) is 7.10. The van der Waals surface area contributed by atoms with E-state index in [1.165, 1.54) is 4.88 Å². The van der Waals surface area contributed by atoms with Gasteiger partial charge in [-0.1, -0.05) is 20.8 Å². The van der Waals surface area contributed by atoms with Gasteiger partial charge in [0.15, 0.2) is 0 Å². The first-order valence-corrected chi connectivity index (χ1v) is 12.7. The highest BCUT2D eigenvalue weighted by Gasteiger charge is 2.34. The van der Waals surface area contributed by atoms with E-state index >= 15 is 0 Å². The van der Waals surface area contributed by atoms with Crippen LogP contribution in [0.2, 0.25) is 0 Å². The quantitative estimate of drug-likeness (QED) is 0.610. The Bertz CT molecular complexity index is 1000. The van der Waals surface area contributed by atoms with Crippen molar-refractivity contribution >= 4 is 33.8 Å². The van der Waals surface area contributed by atoms with Crippen LogP contribution in [0, 0.1) is 11.3 Å². The molecule has 2 heterocycles. The molecule has 33 heavy (non-hydrogen) atoms.